The lowest BCUT2D eigenvalue weighted by Gasteiger charge is -2.40. The molecule has 2 amide bonds. The zero-order valence-corrected chi connectivity index (χ0v) is 44.4. The molecule has 342 valence electrons. The summed E-state index contributed by atoms with van der Waals surface area (Å²) in [5, 5.41) is 4.96. The third-order valence-corrected chi connectivity index (χ3v) is 16.8. The van der Waals surface area contributed by atoms with Crippen molar-refractivity contribution in [3.63, 3.8) is 0 Å². The minimum absolute atomic E-state index is 0.0172. The van der Waals surface area contributed by atoms with E-state index in [0.29, 0.717) is 38.5 Å². The number of aromatic nitrogens is 2. The molecule has 1 N–H and O–H groups in total. The van der Waals surface area contributed by atoms with Crippen LogP contribution < -0.4 is 5.32 Å². The monoisotopic (exact) mass is 1160 g/mol. The molecule has 0 spiro atoms. The third-order valence-electron chi connectivity index (χ3n) is 13.1. The number of amides is 2. The van der Waals surface area contributed by atoms with Gasteiger partial charge in [0, 0.05) is 102 Å². The summed E-state index contributed by atoms with van der Waals surface area (Å²) >= 11 is 27.5. The van der Waals surface area contributed by atoms with Crippen molar-refractivity contribution in [1.29, 1.82) is 0 Å². The molecule has 2 unspecified atom stereocenters. The molecule has 2 aromatic carbocycles. The summed E-state index contributed by atoms with van der Waals surface area (Å²) in [4.78, 5) is 44.2. The van der Waals surface area contributed by atoms with E-state index in [-0.39, 0.29) is 24.1 Å². The Labute approximate surface area is 421 Å². The molecule has 5 heterocycles. The first-order chi connectivity index (χ1) is 30.6. The summed E-state index contributed by atoms with van der Waals surface area (Å²) in [6, 6.07) is 12.9. The number of nitrogens with one attached hydrogen (secondary N) is 1. The lowest BCUT2D eigenvalue weighted by Crippen LogP contribution is -2.50. The number of carbonyl (C=O) groups excluding carboxylic acids is 2. The molecule has 4 aromatic rings. The summed E-state index contributed by atoms with van der Waals surface area (Å²) in [5.41, 5.74) is 9.48. The van der Waals surface area contributed by atoms with Crippen LogP contribution in [0.25, 0.3) is 0 Å². The Hall–Kier alpha value is -2.14. The number of aryl methyl sites for hydroxylation is 2. The predicted octanol–water partition coefficient (Wildman–Crippen LogP) is 11.0. The van der Waals surface area contributed by atoms with Crippen LogP contribution in [0.15, 0.2) is 66.7 Å². The van der Waals surface area contributed by atoms with Crippen molar-refractivity contribution in [3.05, 3.63) is 121 Å². The maximum atomic E-state index is 13.3. The van der Waals surface area contributed by atoms with Crippen molar-refractivity contribution in [2.45, 2.75) is 83.4 Å². The van der Waals surface area contributed by atoms with Gasteiger partial charge in [-0.15, -0.1) is 0 Å². The highest BCUT2D eigenvalue weighted by Crippen LogP contribution is 2.43. The summed E-state index contributed by atoms with van der Waals surface area (Å²) in [6.07, 6.45) is 9.50. The predicted molar refractivity (Wildman–Crippen MR) is 268 cm³/mol. The molecule has 16 heteroatoms. The second kappa shape index (κ2) is 21.0. The Morgan fingerprint density at radius 2 is 1.17 bits per heavy atom. The SMILES string of the molecule is CC(C)(C)OC(=O)N1CCC(CC(=O)N2CCN(C3c4ccc(Cl)c(Br)c4CCc4cc(Br)cnc43)CC2)CC1.Clc1ccc2c(c1Br)CCc1cc(Br)cnc1C2N1CCNCC1. The summed E-state index contributed by atoms with van der Waals surface area (Å²) < 4.78 is 9.54. The molecule has 10 nitrogen and oxygen atoms in total. The Morgan fingerprint density at radius 1 is 0.688 bits per heavy atom. The molecule has 64 heavy (non-hydrogen) atoms. The Balaban J connectivity index is 0.000000198. The normalized spacial score (nSPS) is 20.7. The number of halogens is 6. The second-order valence-corrected chi connectivity index (χ2v) is 22.6. The Bertz CT molecular complexity index is 2360. The van der Waals surface area contributed by atoms with E-state index in [0.717, 1.165) is 111 Å². The van der Waals surface area contributed by atoms with Crippen molar-refractivity contribution in [2.75, 3.05) is 65.4 Å². The van der Waals surface area contributed by atoms with E-state index in [1.165, 1.54) is 39.1 Å². The van der Waals surface area contributed by atoms with E-state index < -0.39 is 5.60 Å². The van der Waals surface area contributed by atoms with Crippen LogP contribution in [-0.2, 0) is 35.2 Å². The first-order valence-electron chi connectivity index (χ1n) is 22.3. The van der Waals surface area contributed by atoms with Crippen LogP contribution in [-0.4, -0.2) is 113 Å². The molecule has 2 atom stereocenters. The van der Waals surface area contributed by atoms with E-state index in [2.05, 4.69) is 103 Å². The van der Waals surface area contributed by atoms with Crippen molar-refractivity contribution < 1.29 is 14.3 Å². The fraction of sp³-hybridized carbons (Fsp3) is 0.500. The van der Waals surface area contributed by atoms with Crippen molar-refractivity contribution >= 4 is 98.9 Å². The maximum Gasteiger partial charge on any atom is 0.410 e. The van der Waals surface area contributed by atoms with Crippen LogP contribution in [0, 0.1) is 5.92 Å². The zero-order chi connectivity index (χ0) is 45.3. The molecule has 3 aliphatic heterocycles. The van der Waals surface area contributed by atoms with Gasteiger partial charge >= 0.3 is 6.09 Å². The lowest BCUT2D eigenvalue weighted by atomic mass is 9.93. The topological polar surface area (TPSA) is 94.1 Å². The largest absolute Gasteiger partial charge is 0.444 e. The molecule has 3 fully saturated rings. The molecular formula is C48H55Br4Cl2N7O3. The number of hydrogen-bond acceptors (Lipinski definition) is 8. The molecule has 0 bridgehead atoms. The third kappa shape index (κ3) is 11.1. The molecule has 0 radical (unpaired) electrons. The fourth-order valence-corrected chi connectivity index (χ4v) is 12.1. The number of rotatable bonds is 4. The van der Waals surface area contributed by atoms with Gasteiger partial charge in [0.2, 0.25) is 5.91 Å². The maximum absolute atomic E-state index is 13.3. The number of likely N-dealkylation sites (tertiary alicyclic amines) is 1. The first kappa shape index (κ1) is 48.3. The Kier molecular flexibility index (Phi) is 15.9. The van der Waals surface area contributed by atoms with Gasteiger partial charge in [-0.1, -0.05) is 35.3 Å². The zero-order valence-electron chi connectivity index (χ0n) is 36.5. The number of ether oxygens (including phenoxy) is 1. The van der Waals surface area contributed by atoms with Gasteiger partial charge in [0.25, 0.3) is 0 Å². The summed E-state index contributed by atoms with van der Waals surface area (Å²) in [6.45, 7) is 14.0. The van der Waals surface area contributed by atoms with E-state index >= 15 is 0 Å². The minimum atomic E-state index is -0.497. The quantitative estimate of drug-likeness (QED) is 0.216. The van der Waals surface area contributed by atoms with Crippen LogP contribution in [0.4, 0.5) is 4.79 Å². The smallest absolute Gasteiger partial charge is 0.410 e. The molecule has 2 aromatic heterocycles. The van der Waals surface area contributed by atoms with Gasteiger partial charge in [0.1, 0.15) is 5.60 Å². The molecule has 9 rings (SSSR count). The van der Waals surface area contributed by atoms with Gasteiger partial charge in [-0.2, -0.15) is 0 Å². The average Bonchev–Trinajstić information content (AvgIpc) is 3.54. The minimum Gasteiger partial charge on any atom is -0.444 e. The number of hydrogen-bond donors (Lipinski definition) is 1. The summed E-state index contributed by atoms with van der Waals surface area (Å²) in [7, 11) is 0. The number of benzene rings is 2. The number of piperidine rings is 1. The Morgan fingerprint density at radius 3 is 1.66 bits per heavy atom. The van der Waals surface area contributed by atoms with Crippen LogP contribution in [0.3, 0.4) is 0 Å². The number of carbonyl (C=O) groups is 2. The highest BCUT2D eigenvalue weighted by atomic mass is 79.9. The molecule has 2 aliphatic carbocycles. The highest BCUT2D eigenvalue weighted by molar-refractivity contribution is 9.11. The fourth-order valence-electron chi connectivity index (χ4n) is 9.86. The van der Waals surface area contributed by atoms with Crippen LogP contribution in [0.1, 0.15) is 96.9 Å². The molecule has 5 aliphatic rings. The van der Waals surface area contributed by atoms with Gasteiger partial charge in [-0.3, -0.25) is 24.6 Å². The van der Waals surface area contributed by atoms with Gasteiger partial charge in [-0.25, -0.2) is 4.79 Å². The molecule has 3 saturated heterocycles. The van der Waals surface area contributed by atoms with E-state index in [1.807, 2.05) is 50.2 Å². The van der Waals surface area contributed by atoms with E-state index in [1.54, 1.807) is 4.90 Å². The van der Waals surface area contributed by atoms with Crippen LogP contribution in [0.5, 0.6) is 0 Å². The average molecular weight is 1170 g/mol. The second-order valence-electron chi connectivity index (χ2n) is 18.4. The molecular weight excluding hydrogens is 1110 g/mol. The number of fused-ring (bicyclic) bond motifs is 4. The van der Waals surface area contributed by atoms with Gasteiger partial charge in [0.15, 0.2) is 0 Å². The first-order valence-corrected chi connectivity index (χ1v) is 26.2. The number of pyridine rings is 2. The van der Waals surface area contributed by atoms with E-state index in [9.17, 15) is 9.59 Å². The number of nitrogens with zero attached hydrogens (tertiary/aromatic N) is 6. The van der Waals surface area contributed by atoms with Crippen molar-refractivity contribution in [1.82, 2.24) is 34.9 Å². The van der Waals surface area contributed by atoms with Crippen LogP contribution in [0.2, 0.25) is 10.0 Å². The van der Waals surface area contributed by atoms with Crippen molar-refractivity contribution in [2.24, 2.45) is 5.92 Å². The van der Waals surface area contributed by atoms with Gasteiger partial charge in [-0.05, 0) is 187 Å². The standard InChI is InChI=1S/C30H37Br2ClN4O3.C18H18Br2ClN3/c1-30(2,3)40-29(39)37-10-8-19(9-11-37)16-25(38)35-12-14-36(15-13-35)28-23-6-7-24(33)26(32)22(23)5-4-20-17-21(31)18-34-27(20)28;19-12-9-11-1-2-13-14(3-4-15(21)16(13)20)18(17(11)23-10-12)24-7-5-22-6-8-24/h6-7,17-19,28H,4-5,8-16H2,1-3H3;3-4,9-10,18,22H,1-2,5-8H2. The van der Waals surface area contributed by atoms with Crippen molar-refractivity contribution in [3.8, 4) is 0 Å². The van der Waals surface area contributed by atoms with Gasteiger partial charge in [0.05, 0.1) is 33.5 Å². The summed E-state index contributed by atoms with van der Waals surface area (Å²) in [5.74, 6) is 0.517. The lowest BCUT2D eigenvalue weighted by molar-refractivity contribution is -0.134. The highest BCUT2D eigenvalue weighted by Gasteiger charge is 2.36. The number of piperazine rings is 2. The van der Waals surface area contributed by atoms with Gasteiger partial charge < -0.3 is 19.9 Å². The molecule has 0 saturated carbocycles. The van der Waals surface area contributed by atoms with Crippen LogP contribution >= 0.6 is 86.9 Å². The van der Waals surface area contributed by atoms with E-state index in [4.69, 9.17) is 37.9 Å².